The molecule has 0 amide bonds. The molecule has 0 radical (unpaired) electrons. The first kappa shape index (κ1) is 24.9. The first-order valence-corrected chi connectivity index (χ1v) is 11.5. The van der Waals surface area contributed by atoms with Gasteiger partial charge in [0.1, 0.15) is 0 Å². The number of carbonyl (C=O) groups excluding carboxylic acids is 1. The second-order valence-electron chi connectivity index (χ2n) is 8.99. The van der Waals surface area contributed by atoms with E-state index in [1.54, 1.807) is 22.9 Å². The van der Waals surface area contributed by atoms with Crippen LogP contribution in [0.4, 0.5) is 24.8 Å². The van der Waals surface area contributed by atoms with Crippen molar-refractivity contribution >= 4 is 28.3 Å². The third-order valence-corrected chi connectivity index (χ3v) is 6.41. The lowest BCUT2D eigenvalue weighted by molar-refractivity contribution is -0.0884. The molecule has 1 aliphatic rings. The summed E-state index contributed by atoms with van der Waals surface area (Å²) in [6.07, 6.45) is -0.550. The SMILES string of the molecule is Cc1nn(-c2ccnc(Nc3ccc4[nH]cc(C(=O)C(F)(F)F)c4c3)n2)cc1CN1C[C@H](O)C[C@H]1CO. The van der Waals surface area contributed by atoms with Gasteiger partial charge in [0.15, 0.2) is 5.82 Å². The molecule has 0 aliphatic carbocycles. The van der Waals surface area contributed by atoms with Crippen LogP contribution in [0, 0.1) is 6.92 Å². The van der Waals surface area contributed by atoms with Gasteiger partial charge >= 0.3 is 6.18 Å². The van der Waals surface area contributed by atoms with Gasteiger partial charge in [-0.15, -0.1) is 0 Å². The fourth-order valence-corrected chi connectivity index (χ4v) is 4.53. The van der Waals surface area contributed by atoms with E-state index >= 15 is 0 Å². The maximum absolute atomic E-state index is 13.0. The lowest BCUT2D eigenvalue weighted by atomic mass is 10.1. The number of anilines is 2. The summed E-state index contributed by atoms with van der Waals surface area (Å²) in [4.78, 5) is 25.1. The van der Waals surface area contributed by atoms with Gasteiger partial charge in [0.05, 0.1) is 24.0 Å². The van der Waals surface area contributed by atoms with E-state index in [0.717, 1.165) is 17.5 Å². The molecule has 0 saturated carbocycles. The summed E-state index contributed by atoms with van der Waals surface area (Å²) in [6, 6.07) is 6.17. The molecule has 1 aromatic carbocycles. The number of hydrogen-bond acceptors (Lipinski definition) is 8. The number of halogens is 3. The Hall–Kier alpha value is -3.81. The van der Waals surface area contributed by atoms with Crippen LogP contribution in [0.25, 0.3) is 16.7 Å². The van der Waals surface area contributed by atoms with Crippen molar-refractivity contribution in [3.63, 3.8) is 0 Å². The summed E-state index contributed by atoms with van der Waals surface area (Å²) < 4.78 is 40.5. The number of aromatic nitrogens is 5. The predicted molar refractivity (Wildman–Crippen MR) is 128 cm³/mol. The molecule has 0 spiro atoms. The highest BCUT2D eigenvalue weighted by molar-refractivity contribution is 6.11. The Morgan fingerprint density at radius 3 is 2.86 bits per heavy atom. The minimum absolute atomic E-state index is 0.0361. The van der Waals surface area contributed by atoms with Crippen LogP contribution < -0.4 is 5.32 Å². The lowest BCUT2D eigenvalue weighted by Gasteiger charge is -2.21. The van der Waals surface area contributed by atoms with Gasteiger partial charge in [0.25, 0.3) is 5.78 Å². The number of aryl methyl sites for hydroxylation is 1. The molecule has 1 fully saturated rings. The van der Waals surface area contributed by atoms with E-state index in [1.165, 1.54) is 12.3 Å². The quantitative estimate of drug-likeness (QED) is 0.276. The molecule has 4 aromatic rings. The molecular weight excluding hydrogens is 491 g/mol. The molecule has 5 rings (SSSR count). The van der Waals surface area contributed by atoms with Crippen molar-refractivity contribution in [2.75, 3.05) is 18.5 Å². The van der Waals surface area contributed by atoms with Crippen molar-refractivity contribution in [1.29, 1.82) is 0 Å². The van der Waals surface area contributed by atoms with Crippen LogP contribution >= 0.6 is 0 Å². The minimum atomic E-state index is -4.98. The topological polar surface area (TPSA) is 132 Å². The number of β-amino-alcohol motifs (C(OH)–C–C–N with tert-alkyl or cyclic N) is 1. The summed E-state index contributed by atoms with van der Waals surface area (Å²) in [5.74, 6) is -1.27. The highest BCUT2D eigenvalue weighted by Gasteiger charge is 2.40. The molecule has 1 saturated heterocycles. The molecule has 0 bridgehead atoms. The van der Waals surface area contributed by atoms with Gasteiger partial charge in [0, 0.05) is 65.9 Å². The Balaban J connectivity index is 1.37. The van der Waals surface area contributed by atoms with E-state index in [0.29, 0.717) is 36.5 Å². The van der Waals surface area contributed by atoms with Crippen LogP contribution in [0.1, 0.15) is 28.0 Å². The van der Waals surface area contributed by atoms with E-state index in [1.807, 2.05) is 18.0 Å². The van der Waals surface area contributed by atoms with Gasteiger partial charge in [-0.2, -0.15) is 23.3 Å². The van der Waals surface area contributed by atoms with Crippen LogP contribution in [0.2, 0.25) is 0 Å². The number of ketones is 1. The largest absolute Gasteiger partial charge is 0.454 e. The van der Waals surface area contributed by atoms with Crippen molar-refractivity contribution in [2.45, 2.75) is 38.2 Å². The number of likely N-dealkylation sites (tertiary alicyclic amines) is 1. The number of aliphatic hydroxyl groups excluding tert-OH is 2. The molecular formula is C24H24F3N7O3. The number of rotatable bonds is 7. The van der Waals surface area contributed by atoms with Crippen LogP contribution in [-0.4, -0.2) is 77.1 Å². The maximum Gasteiger partial charge on any atom is 0.454 e. The number of H-pyrrole nitrogens is 1. The van der Waals surface area contributed by atoms with Crippen LogP contribution in [0.5, 0.6) is 0 Å². The molecule has 13 heteroatoms. The molecule has 4 N–H and O–H groups in total. The number of aromatic amines is 1. The number of nitrogens with one attached hydrogen (secondary N) is 2. The fourth-order valence-electron chi connectivity index (χ4n) is 4.53. The Labute approximate surface area is 208 Å². The first-order chi connectivity index (χ1) is 17.6. The van der Waals surface area contributed by atoms with E-state index in [2.05, 4.69) is 25.4 Å². The summed E-state index contributed by atoms with van der Waals surface area (Å²) in [7, 11) is 0. The van der Waals surface area contributed by atoms with Crippen LogP contribution in [0.15, 0.2) is 42.9 Å². The van der Waals surface area contributed by atoms with Crippen LogP contribution in [-0.2, 0) is 6.54 Å². The zero-order valence-corrected chi connectivity index (χ0v) is 19.7. The normalized spacial score (nSPS) is 18.5. The maximum atomic E-state index is 13.0. The van der Waals surface area contributed by atoms with Crippen molar-refractivity contribution in [3.05, 3.63) is 59.7 Å². The average molecular weight is 515 g/mol. The van der Waals surface area contributed by atoms with Gasteiger partial charge in [-0.1, -0.05) is 0 Å². The monoisotopic (exact) mass is 515 g/mol. The first-order valence-electron chi connectivity index (χ1n) is 11.5. The highest BCUT2D eigenvalue weighted by Crippen LogP contribution is 2.29. The molecule has 194 valence electrons. The molecule has 4 heterocycles. The third kappa shape index (κ3) is 5.05. The van der Waals surface area contributed by atoms with E-state index in [9.17, 15) is 28.2 Å². The average Bonchev–Trinajstić information content (AvgIpc) is 3.54. The number of nitrogens with zero attached hydrogens (tertiary/aromatic N) is 5. The summed E-state index contributed by atoms with van der Waals surface area (Å²) in [5.41, 5.74) is 2.02. The Morgan fingerprint density at radius 2 is 2.11 bits per heavy atom. The smallest absolute Gasteiger partial charge is 0.395 e. The van der Waals surface area contributed by atoms with Gasteiger partial charge in [-0.3, -0.25) is 9.69 Å². The number of alkyl halides is 3. The lowest BCUT2D eigenvalue weighted by Crippen LogP contribution is -2.32. The number of hydrogen-bond donors (Lipinski definition) is 4. The number of fused-ring (bicyclic) bond motifs is 1. The molecule has 37 heavy (non-hydrogen) atoms. The Bertz CT molecular complexity index is 1450. The Morgan fingerprint density at radius 1 is 1.30 bits per heavy atom. The second-order valence-corrected chi connectivity index (χ2v) is 8.99. The zero-order valence-electron chi connectivity index (χ0n) is 19.7. The molecule has 0 unspecified atom stereocenters. The number of aliphatic hydroxyl groups is 2. The minimum Gasteiger partial charge on any atom is -0.395 e. The van der Waals surface area contributed by atoms with Gasteiger partial charge in [-0.25, -0.2) is 9.67 Å². The zero-order chi connectivity index (χ0) is 26.3. The second kappa shape index (κ2) is 9.57. The van der Waals surface area contributed by atoms with Gasteiger partial charge in [0.2, 0.25) is 5.95 Å². The molecule has 10 nitrogen and oxygen atoms in total. The van der Waals surface area contributed by atoms with Crippen LogP contribution in [0.3, 0.4) is 0 Å². The van der Waals surface area contributed by atoms with E-state index < -0.39 is 23.6 Å². The summed E-state index contributed by atoms with van der Waals surface area (Å²) in [5, 5.41) is 27.2. The number of Topliss-reactive ketones (excluding diaryl/α,β-unsaturated/α-hetero) is 1. The fraction of sp³-hybridized carbons (Fsp3) is 0.333. The molecule has 3 aromatic heterocycles. The van der Waals surface area contributed by atoms with Gasteiger partial charge < -0.3 is 20.5 Å². The Kier molecular flexibility index (Phi) is 6.43. The van der Waals surface area contributed by atoms with Crippen molar-refractivity contribution < 1.29 is 28.2 Å². The third-order valence-electron chi connectivity index (χ3n) is 6.41. The predicted octanol–water partition coefficient (Wildman–Crippen LogP) is 2.87. The highest BCUT2D eigenvalue weighted by atomic mass is 19.4. The summed E-state index contributed by atoms with van der Waals surface area (Å²) in [6.45, 7) is 2.81. The summed E-state index contributed by atoms with van der Waals surface area (Å²) >= 11 is 0. The number of carbonyl (C=O) groups is 1. The van der Waals surface area contributed by atoms with Crippen molar-refractivity contribution in [2.24, 2.45) is 0 Å². The molecule has 1 aliphatic heterocycles. The number of benzene rings is 1. The van der Waals surface area contributed by atoms with E-state index in [4.69, 9.17) is 0 Å². The van der Waals surface area contributed by atoms with E-state index in [-0.39, 0.29) is 24.0 Å². The van der Waals surface area contributed by atoms with Gasteiger partial charge in [-0.05, 0) is 31.5 Å². The standard InChI is InChI=1S/C24H24F3N7O3/c1-13-14(9-33-11-17(36)7-16(33)12-35)10-34(32-13)21-4-5-28-23(31-21)30-15-2-3-20-18(6-15)19(8-29-20)22(37)24(25,26)27/h2-6,8,10,16-17,29,35-36H,7,9,11-12H2,1H3,(H,28,30,31)/t16-,17+/m0/s1. The van der Waals surface area contributed by atoms with Crippen molar-refractivity contribution in [1.82, 2.24) is 29.6 Å². The van der Waals surface area contributed by atoms with Crippen molar-refractivity contribution in [3.8, 4) is 5.82 Å². The molecule has 2 atom stereocenters.